The average Bonchev–Trinajstić information content (AvgIpc) is 3.50. The van der Waals surface area contributed by atoms with Crippen LogP contribution in [0.4, 0.5) is 37.2 Å². The maximum absolute atomic E-state index is 13.8. The van der Waals surface area contributed by atoms with Gasteiger partial charge in [0.15, 0.2) is 0 Å². The van der Waals surface area contributed by atoms with Crippen LogP contribution in [0.3, 0.4) is 0 Å². The molecule has 2 aliphatic rings. The second kappa shape index (κ2) is 13.3. The second-order valence-electron chi connectivity index (χ2n) is 9.29. The zero-order valence-electron chi connectivity index (χ0n) is 24.0. The number of aromatic nitrogens is 2. The molecule has 3 heterocycles. The molecule has 13 heteroatoms. The van der Waals surface area contributed by atoms with Crippen molar-refractivity contribution in [2.75, 3.05) is 18.0 Å². The first-order chi connectivity index (χ1) is 19.9. The first kappa shape index (κ1) is 32.5. The van der Waals surface area contributed by atoms with E-state index in [1.165, 1.54) is 24.2 Å². The lowest BCUT2D eigenvalue weighted by atomic mass is 9.99. The van der Waals surface area contributed by atoms with Gasteiger partial charge >= 0.3 is 18.3 Å². The number of benzene rings is 2. The third-order valence-corrected chi connectivity index (χ3v) is 6.67. The minimum atomic E-state index is -4.77. The van der Waals surface area contributed by atoms with Gasteiger partial charge in [0.2, 0.25) is 0 Å². The summed E-state index contributed by atoms with van der Waals surface area (Å²) in [5.74, 6) is -3.02. The molecule has 228 valence electrons. The number of imide groups is 1. The predicted octanol–water partition coefficient (Wildman–Crippen LogP) is 7.34. The van der Waals surface area contributed by atoms with Crippen LogP contribution in [0.2, 0.25) is 0 Å². The summed E-state index contributed by atoms with van der Waals surface area (Å²) < 4.78 is 73.8. The number of carbonyl (C=O) groups is 2. The van der Waals surface area contributed by atoms with E-state index in [9.17, 15) is 31.5 Å². The van der Waals surface area contributed by atoms with Crippen LogP contribution in [0.15, 0.2) is 48.9 Å². The van der Waals surface area contributed by atoms with Gasteiger partial charge in [0.05, 0.1) is 23.7 Å². The van der Waals surface area contributed by atoms with Crippen molar-refractivity contribution in [1.82, 2.24) is 20.2 Å². The van der Waals surface area contributed by atoms with Crippen molar-refractivity contribution in [3.05, 3.63) is 65.6 Å². The molecule has 2 atom stereocenters. The number of anilines is 1. The molecule has 1 N–H and O–H groups in total. The molecule has 5 rings (SSSR count). The summed E-state index contributed by atoms with van der Waals surface area (Å²) in [4.78, 5) is 35.7. The molecule has 0 bridgehead atoms. The van der Waals surface area contributed by atoms with Crippen molar-refractivity contribution in [2.45, 2.75) is 71.8 Å². The number of carbonyl (C=O) groups excluding carboxylic acids is 2. The first-order valence-corrected chi connectivity index (χ1v) is 13.7. The number of halogens is 5. The fraction of sp³-hybridized carbons (Fsp3) is 0.448. The molecule has 3 aromatic rings. The maximum Gasteiger partial charge on any atom is 0.419 e. The van der Waals surface area contributed by atoms with Crippen molar-refractivity contribution >= 4 is 28.7 Å². The molecular formula is C29H34F5N5O3. The van der Waals surface area contributed by atoms with Gasteiger partial charge in [0.1, 0.15) is 12.4 Å². The largest absolute Gasteiger partial charge is 0.439 e. The minimum Gasteiger partial charge on any atom is -0.439 e. The number of amides is 3. The summed E-state index contributed by atoms with van der Waals surface area (Å²) in [5.41, 5.74) is 0.106. The Morgan fingerprint density at radius 1 is 1.14 bits per heavy atom. The number of nitrogens with zero attached hydrogens (tertiary/aromatic N) is 4. The lowest BCUT2D eigenvalue weighted by Gasteiger charge is -2.24. The quantitative estimate of drug-likeness (QED) is 0.318. The number of nitrogens with one attached hydrogen (secondary N) is 1. The van der Waals surface area contributed by atoms with E-state index >= 15 is 0 Å². The molecule has 2 aliphatic heterocycles. The molecule has 3 amide bonds. The van der Waals surface area contributed by atoms with Crippen LogP contribution in [-0.4, -0.2) is 52.0 Å². The van der Waals surface area contributed by atoms with Crippen molar-refractivity contribution in [1.29, 1.82) is 0 Å². The van der Waals surface area contributed by atoms with Crippen molar-refractivity contribution in [3.8, 4) is 0 Å². The standard InChI is InChI=1S/C25H22F5N5O3.2C2H6/c1-14-21(17-7-18(25(28,29)30)9-19(8-17)34-6-5-24(26,27)12-34)38-23(37)35(14)22(36)32-11-16-4-2-3-15-10-31-13-33-20(15)16;2*1-2/h2-4,7-10,13-14,21H,5-6,11-12H2,1H3,(H,32,36);2*1-2H3. The highest BCUT2D eigenvalue weighted by molar-refractivity contribution is 5.93. The van der Waals surface area contributed by atoms with Crippen molar-refractivity contribution in [2.24, 2.45) is 0 Å². The molecule has 0 saturated carbocycles. The molecule has 2 saturated heterocycles. The number of hydrogen-bond acceptors (Lipinski definition) is 6. The SMILES string of the molecule is CC.CC.CC1C(c2cc(N3CCC(F)(F)C3)cc(C(F)(F)F)c2)OC(=O)N1C(=O)NCc1cccc2cncnc12. The molecule has 2 fully saturated rings. The predicted molar refractivity (Wildman–Crippen MR) is 148 cm³/mol. The van der Waals surface area contributed by atoms with Gasteiger partial charge in [0, 0.05) is 36.8 Å². The molecule has 1 aromatic heterocycles. The Balaban J connectivity index is 0.00000116. The number of para-hydroxylation sites is 1. The Morgan fingerprint density at radius 2 is 1.86 bits per heavy atom. The third-order valence-electron chi connectivity index (χ3n) is 6.67. The number of fused-ring (bicyclic) bond motifs is 1. The van der Waals surface area contributed by atoms with E-state index < -0.39 is 54.9 Å². The highest BCUT2D eigenvalue weighted by atomic mass is 19.4. The maximum atomic E-state index is 13.8. The van der Waals surface area contributed by atoms with Crippen LogP contribution in [-0.2, 0) is 17.5 Å². The number of ether oxygens (including phenoxy) is 1. The van der Waals surface area contributed by atoms with Crippen molar-refractivity contribution < 1.29 is 36.3 Å². The van der Waals surface area contributed by atoms with Crippen LogP contribution in [0.1, 0.15) is 63.8 Å². The number of alkyl halides is 5. The number of hydrogen-bond donors (Lipinski definition) is 1. The zero-order chi connectivity index (χ0) is 31.2. The van der Waals surface area contributed by atoms with Crippen LogP contribution < -0.4 is 10.2 Å². The lowest BCUT2D eigenvalue weighted by Crippen LogP contribution is -2.44. The normalized spacial score (nSPS) is 19.4. The Hall–Kier alpha value is -4.03. The zero-order valence-corrected chi connectivity index (χ0v) is 24.0. The lowest BCUT2D eigenvalue weighted by molar-refractivity contribution is -0.137. The summed E-state index contributed by atoms with van der Waals surface area (Å²) in [5, 5.41) is 3.37. The summed E-state index contributed by atoms with van der Waals surface area (Å²) in [6.45, 7) is 8.64. The van der Waals surface area contributed by atoms with Gasteiger partial charge in [-0.25, -0.2) is 33.2 Å². The Kier molecular flexibility index (Phi) is 10.3. The van der Waals surface area contributed by atoms with Crippen LogP contribution in [0.5, 0.6) is 0 Å². The topological polar surface area (TPSA) is 87.7 Å². The molecule has 0 spiro atoms. The summed E-state index contributed by atoms with van der Waals surface area (Å²) in [7, 11) is 0. The van der Waals surface area contributed by atoms with Gasteiger partial charge in [-0.1, -0.05) is 45.9 Å². The minimum absolute atomic E-state index is 0.0191. The number of cyclic esters (lactones) is 1. The van der Waals surface area contributed by atoms with Gasteiger partial charge in [-0.3, -0.25) is 0 Å². The number of urea groups is 1. The molecule has 2 unspecified atom stereocenters. The molecule has 42 heavy (non-hydrogen) atoms. The van der Waals surface area contributed by atoms with Crippen LogP contribution >= 0.6 is 0 Å². The van der Waals surface area contributed by atoms with E-state index in [0.29, 0.717) is 11.1 Å². The van der Waals surface area contributed by atoms with E-state index in [0.717, 1.165) is 22.4 Å². The van der Waals surface area contributed by atoms with Gasteiger partial charge in [0.25, 0.3) is 5.92 Å². The first-order valence-electron chi connectivity index (χ1n) is 13.7. The second-order valence-corrected chi connectivity index (χ2v) is 9.29. The summed E-state index contributed by atoms with van der Waals surface area (Å²) in [6.07, 6.45) is -4.54. The van der Waals surface area contributed by atoms with Crippen LogP contribution in [0, 0.1) is 0 Å². The van der Waals surface area contributed by atoms with E-state index in [4.69, 9.17) is 4.74 Å². The van der Waals surface area contributed by atoms with E-state index in [1.807, 2.05) is 27.7 Å². The van der Waals surface area contributed by atoms with E-state index in [1.54, 1.807) is 24.4 Å². The molecule has 0 radical (unpaired) electrons. The van der Waals surface area contributed by atoms with Crippen molar-refractivity contribution in [3.63, 3.8) is 0 Å². The molecular weight excluding hydrogens is 561 g/mol. The average molecular weight is 596 g/mol. The smallest absolute Gasteiger partial charge is 0.419 e. The molecule has 2 aromatic carbocycles. The fourth-order valence-corrected chi connectivity index (χ4v) is 4.76. The summed E-state index contributed by atoms with van der Waals surface area (Å²) in [6, 6.07) is 6.43. The van der Waals surface area contributed by atoms with E-state index in [2.05, 4.69) is 15.3 Å². The Bertz CT molecular complexity index is 1400. The van der Waals surface area contributed by atoms with Gasteiger partial charge < -0.3 is 15.0 Å². The van der Waals surface area contributed by atoms with E-state index in [-0.39, 0.29) is 24.3 Å². The summed E-state index contributed by atoms with van der Waals surface area (Å²) >= 11 is 0. The monoisotopic (exact) mass is 595 g/mol. The van der Waals surface area contributed by atoms with Gasteiger partial charge in [-0.05, 0) is 36.2 Å². The van der Waals surface area contributed by atoms with Crippen LogP contribution in [0.25, 0.3) is 10.9 Å². The molecule has 0 aliphatic carbocycles. The fourth-order valence-electron chi connectivity index (χ4n) is 4.76. The number of rotatable bonds is 4. The van der Waals surface area contributed by atoms with Gasteiger partial charge in [-0.15, -0.1) is 0 Å². The van der Waals surface area contributed by atoms with Gasteiger partial charge in [-0.2, -0.15) is 13.2 Å². The highest BCUT2D eigenvalue weighted by Crippen LogP contribution is 2.40. The Labute approximate surface area is 240 Å². The third kappa shape index (κ3) is 7.05. The highest BCUT2D eigenvalue weighted by Gasteiger charge is 2.45. The Morgan fingerprint density at radius 3 is 2.50 bits per heavy atom. The molecule has 8 nitrogen and oxygen atoms in total.